The maximum Gasteiger partial charge on any atom is 0.227 e. The number of nitrogens with one attached hydrogen (secondary N) is 1. The third-order valence-corrected chi connectivity index (χ3v) is 3.21. The summed E-state index contributed by atoms with van der Waals surface area (Å²) in [6.45, 7) is 0.372. The first-order valence-corrected chi connectivity index (χ1v) is 6.57. The number of nitrogens with zero attached hydrogens (tertiary/aromatic N) is 1. The van der Waals surface area contributed by atoms with Crippen LogP contribution in [0.3, 0.4) is 0 Å². The number of hydrogen-bond acceptors (Lipinski definition) is 4. The van der Waals surface area contributed by atoms with Gasteiger partial charge < -0.3 is 10.1 Å². The topological polar surface area (TPSA) is 51.2 Å². The lowest BCUT2D eigenvalue weighted by Crippen LogP contribution is -2.13. The summed E-state index contributed by atoms with van der Waals surface area (Å²) in [6.07, 6.45) is 0.289. The summed E-state index contributed by atoms with van der Waals surface area (Å²) in [5.41, 5.74) is 3.06. The third kappa shape index (κ3) is 3.59. The second-order valence-electron chi connectivity index (χ2n) is 3.83. The van der Waals surface area contributed by atoms with Crippen molar-refractivity contribution < 1.29 is 13.9 Å². The highest BCUT2D eigenvalue weighted by Crippen LogP contribution is 2.30. The Morgan fingerprint density at radius 3 is 2.84 bits per heavy atom. The molecule has 4 nitrogen and oxygen atoms in total. The molecule has 1 aromatic heterocycles. The number of methoxy groups -OCH3 is 1. The molecule has 0 unspecified atom stereocenters. The van der Waals surface area contributed by atoms with Crippen LogP contribution in [0, 0.1) is 5.82 Å². The number of rotatable bonds is 5. The van der Waals surface area contributed by atoms with E-state index in [2.05, 4.69) is 10.3 Å². The summed E-state index contributed by atoms with van der Waals surface area (Å²) in [7, 11) is 1.55. The molecule has 0 fully saturated rings. The van der Waals surface area contributed by atoms with E-state index < -0.39 is 0 Å². The SMILES string of the molecule is COCCC(=O)Nc1scnc1-c1ccc(F)cc1. The normalized spacial score (nSPS) is 10.4. The largest absolute Gasteiger partial charge is 0.384 e. The Bertz CT molecular complexity index is 554. The molecule has 0 aliphatic rings. The van der Waals surface area contributed by atoms with E-state index in [0.717, 1.165) is 5.56 Å². The highest BCUT2D eigenvalue weighted by atomic mass is 32.1. The molecule has 0 bridgehead atoms. The van der Waals surface area contributed by atoms with Gasteiger partial charge in [-0.05, 0) is 24.3 Å². The number of benzene rings is 1. The summed E-state index contributed by atoms with van der Waals surface area (Å²) in [4.78, 5) is 15.8. The molecule has 1 aromatic carbocycles. The number of ether oxygens (including phenoxy) is 1. The summed E-state index contributed by atoms with van der Waals surface area (Å²) >= 11 is 1.33. The summed E-state index contributed by atoms with van der Waals surface area (Å²) in [6, 6.07) is 6.00. The maximum absolute atomic E-state index is 12.9. The van der Waals surface area contributed by atoms with Crippen LogP contribution >= 0.6 is 11.3 Å². The van der Waals surface area contributed by atoms with E-state index >= 15 is 0 Å². The van der Waals surface area contributed by atoms with Gasteiger partial charge in [-0.1, -0.05) is 0 Å². The second kappa shape index (κ2) is 6.40. The molecule has 1 N–H and O–H groups in total. The number of carbonyl (C=O) groups is 1. The van der Waals surface area contributed by atoms with Crippen molar-refractivity contribution >= 4 is 22.2 Å². The Balaban J connectivity index is 2.13. The van der Waals surface area contributed by atoms with Crippen LogP contribution in [-0.2, 0) is 9.53 Å². The number of thiazole rings is 1. The van der Waals surface area contributed by atoms with Gasteiger partial charge in [0.05, 0.1) is 18.5 Å². The number of carbonyl (C=O) groups excluding carboxylic acids is 1. The molecule has 0 spiro atoms. The lowest BCUT2D eigenvalue weighted by molar-refractivity contribution is -0.117. The van der Waals surface area contributed by atoms with E-state index in [1.807, 2.05) is 0 Å². The number of amides is 1. The summed E-state index contributed by atoms with van der Waals surface area (Å²) in [5, 5.41) is 3.44. The fourth-order valence-electron chi connectivity index (χ4n) is 1.53. The monoisotopic (exact) mass is 280 g/mol. The van der Waals surface area contributed by atoms with Crippen molar-refractivity contribution in [3.63, 3.8) is 0 Å². The van der Waals surface area contributed by atoms with Crippen molar-refractivity contribution in [1.29, 1.82) is 0 Å². The van der Waals surface area contributed by atoms with Crippen molar-refractivity contribution in [3.8, 4) is 11.3 Å². The van der Waals surface area contributed by atoms with Gasteiger partial charge in [0.2, 0.25) is 5.91 Å². The van der Waals surface area contributed by atoms with E-state index in [9.17, 15) is 9.18 Å². The zero-order chi connectivity index (χ0) is 13.7. The van der Waals surface area contributed by atoms with E-state index in [4.69, 9.17) is 4.74 Å². The average Bonchev–Trinajstić information content (AvgIpc) is 2.85. The Labute approximate surface area is 114 Å². The van der Waals surface area contributed by atoms with Gasteiger partial charge in [-0.2, -0.15) is 0 Å². The molecule has 1 amide bonds. The highest BCUT2D eigenvalue weighted by Gasteiger charge is 2.11. The molecule has 2 aromatic rings. The van der Waals surface area contributed by atoms with Crippen molar-refractivity contribution in [2.45, 2.75) is 6.42 Å². The Hall–Kier alpha value is -1.79. The van der Waals surface area contributed by atoms with Crippen LogP contribution in [0.4, 0.5) is 9.39 Å². The fourth-order valence-corrected chi connectivity index (χ4v) is 2.25. The van der Waals surface area contributed by atoms with Crippen LogP contribution in [0.25, 0.3) is 11.3 Å². The smallest absolute Gasteiger partial charge is 0.227 e. The Morgan fingerprint density at radius 2 is 2.16 bits per heavy atom. The van der Waals surface area contributed by atoms with Crippen molar-refractivity contribution in [3.05, 3.63) is 35.6 Å². The predicted octanol–water partition coefficient (Wildman–Crippen LogP) is 2.92. The molecule has 0 aliphatic carbocycles. The average molecular weight is 280 g/mol. The minimum atomic E-state index is -0.301. The fraction of sp³-hybridized carbons (Fsp3) is 0.231. The van der Waals surface area contributed by atoms with Crippen LogP contribution in [0.2, 0.25) is 0 Å². The zero-order valence-electron chi connectivity index (χ0n) is 10.4. The maximum atomic E-state index is 12.9. The molecule has 0 saturated heterocycles. The minimum Gasteiger partial charge on any atom is -0.384 e. The summed E-state index contributed by atoms with van der Waals surface area (Å²) in [5.74, 6) is -0.431. The molecular formula is C13H13FN2O2S. The molecular weight excluding hydrogens is 267 g/mol. The first-order valence-electron chi connectivity index (χ1n) is 5.69. The van der Waals surface area contributed by atoms with E-state index in [0.29, 0.717) is 17.3 Å². The van der Waals surface area contributed by atoms with Crippen molar-refractivity contribution in [2.24, 2.45) is 0 Å². The van der Waals surface area contributed by atoms with Gasteiger partial charge in [-0.25, -0.2) is 9.37 Å². The number of aromatic nitrogens is 1. The van der Waals surface area contributed by atoms with Crippen LogP contribution < -0.4 is 5.32 Å². The lowest BCUT2D eigenvalue weighted by atomic mass is 10.1. The van der Waals surface area contributed by atoms with Crippen LogP contribution in [-0.4, -0.2) is 24.6 Å². The molecule has 0 radical (unpaired) electrons. The van der Waals surface area contributed by atoms with Gasteiger partial charge in [0.1, 0.15) is 16.5 Å². The van der Waals surface area contributed by atoms with Gasteiger partial charge in [-0.3, -0.25) is 4.79 Å². The number of halogens is 1. The Morgan fingerprint density at radius 1 is 1.42 bits per heavy atom. The third-order valence-electron chi connectivity index (χ3n) is 2.47. The first kappa shape index (κ1) is 13.6. The zero-order valence-corrected chi connectivity index (χ0v) is 11.2. The minimum absolute atomic E-state index is 0.130. The summed E-state index contributed by atoms with van der Waals surface area (Å²) < 4.78 is 17.7. The first-order chi connectivity index (χ1) is 9.20. The lowest BCUT2D eigenvalue weighted by Gasteiger charge is -2.05. The van der Waals surface area contributed by atoms with E-state index in [1.165, 1.54) is 23.5 Å². The van der Waals surface area contributed by atoms with Gasteiger partial charge in [0.15, 0.2) is 0 Å². The number of anilines is 1. The quantitative estimate of drug-likeness (QED) is 0.916. The molecule has 6 heteroatoms. The van der Waals surface area contributed by atoms with Gasteiger partial charge in [-0.15, -0.1) is 11.3 Å². The highest BCUT2D eigenvalue weighted by molar-refractivity contribution is 7.14. The number of hydrogen-bond donors (Lipinski definition) is 1. The van der Waals surface area contributed by atoms with Crippen molar-refractivity contribution in [2.75, 3.05) is 19.0 Å². The molecule has 0 atom stereocenters. The van der Waals surface area contributed by atoms with Crippen LogP contribution in [0.15, 0.2) is 29.8 Å². The Kier molecular flexibility index (Phi) is 4.59. The van der Waals surface area contributed by atoms with Gasteiger partial charge >= 0.3 is 0 Å². The second-order valence-corrected chi connectivity index (χ2v) is 4.68. The van der Waals surface area contributed by atoms with E-state index in [1.54, 1.807) is 24.8 Å². The molecule has 0 aliphatic heterocycles. The standard InChI is InChI=1S/C13H13FN2O2S/c1-18-7-6-11(17)16-13-12(15-8-19-13)9-2-4-10(14)5-3-9/h2-5,8H,6-7H2,1H3,(H,16,17). The van der Waals surface area contributed by atoms with Gasteiger partial charge in [0.25, 0.3) is 0 Å². The predicted molar refractivity (Wildman–Crippen MR) is 72.6 cm³/mol. The molecule has 19 heavy (non-hydrogen) atoms. The molecule has 0 saturated carbocycles. The van der Waals surface area contributed by atoms with Crippen LogP contribution in [0.1, 0.15) is 6.42 Å². The van der Waals surface area contributed by atoms with E-state index in [-0.39, 0.29) is 18.1 Å². The van der Waals surface area contributed by atoms with Crippen LogP contribution in [0.5, 0.6) is 0 Å². The molecule has 100 valence electrons. The molecule has 1 heterocycles. The van der Waals surface area contributed by atoms with Gasteiger partial charge in [0, 0.05) is 12.7 Å². The van der Waals surface area contributed by atoms with Crippen molar-refractivity contribution in [1.82, 2.24) is 4.98 Å². The molecule has 2 rings (SSSR count).